The fraction of sp³-hybridized carbons (Fsp3) is 0.500. The molecular weight excluding hydrogens is 54.0 g/mol. The summed E-state index contributed by atoms with van der Waals surface area (Å²) in [5.41, 5.74) is 0. The van der Waals surface area contributed by atoms with E-state index in [1.165, 1.54) is 0 Å². The highest BCUT2D eigenvalue weighted by atomic mass is 16.6. The number of hydrogen-bond donors (Lipinski definition) is 1. The minimum atomic E-state index is 0.667. The van der Waals surface area contributed by atoms with Crippen molar-refractivity contribution in [3.63, 3.8) is 0 Å². The molecule has 0 amide bonds. The highest BCUT2D eigenvalue weighted by Crippen LogP contribution is 1.86. The van der Waals surface area contributed by atoms with Gasteiger partial charge in [0, 0.05) is 0 Å². The zero-order valence-corrected chi connectivity index (χ0v) is 2.19. The molecule has 0 aromatic rings. The molecule has 2 nitrogen and oxygen atoms in total. The fourth-order valence-corrected chi connectivity index (χ4v) is 0.0417. The zero-order chi connectivity index (χ0) is 2.99. The van der Waals surface area contributed by atoms with Gasteiger partial charge in [-0.05, 0) is 0 Å². The molecule has 1 saturated heterocycles. The summed E-state index contributed by atoms with van der Waals surface area (Å²) in [5.74, 6) is 0.667. The van der Waals surface area contributed by atoms with Crippen LogP contribution in [0.3, 0.4) is 0 Å². The summed E-state index contributed by atoms with van der Waals surface area (Å²) in [4.78, 5) is 0. The Morgan fingerprint density at radius 1 is 2.00 bits per heavy atom. The molecule has 22 valence electrons. The first kappa shape index (κ1) is 1.76. The molecule has 0 aromatic heterocycles. The Labute approximate surface area is 23.9 Å². The van der Waals surface area contributed by atoms with E-state index in [0.717, 1.165) is 0 Å². The Balaban J connectivity index is 2.60. The molecule has 0 bridgehead atoms. The van der Waals surface area contributed by atoms with Crippen LogP contribution in [0.15, 0.2) is 0 Å². The molecule has 0 aliphatic carbocycles. The highest BCUT2D eigenvalue weighted by Gasteiger charge is 2.18. The van der Waals surface area contributed by atoms with Crippen LogP contribution >= 0.6 is 0 Å². The van der Waals surface area contributed by atoms with Gasteiger partial charge in [-0.2, -0.15) is 0 Å². The maximum Gasteiger partial charge on any atom is 0.372 e. The van der Waals surface area contributed by atoms with Gasteiger partial charge in [0.15, 0.2) is 0 Å². The Kier molecular flexibility index (Phi) is 0.117. The zero-order valence-electron chi connectivity index (χ0n) is 2.19. The molecule has 0 radical (unpaired) electrons. The summed E-state index contributed by atoms with van der Waals surface area (Å²) >= 11 is 0. The second kappa shape index (κ2) is 0.267. The molecule has 4 heavy (non-hydrogen) atoms. The van der Waals surface area contributed by atoms with E-state index >= 15 is 0 Å². The molecule has 0 atom stereocenters. The summed E-state index contributed by atoms with van der Waals surface area (Å²) in [6.07, 6.45) is 0. The van der Waals surface area contributed by atoms with Crippen molar-refractivity contribution in [2.24, 2.45) is 0 Å². The highest BCUT2D eigenvalue weighted by molar-refractivity contribution is 5.82. The van der Waals surface area contributed by atoms with Crippen molar-refractivity contribution in [2.75, 3.05) is 6.61 Å². The molecule has 1 fully saturated rings. The van der Waals surface area contributed by atoms with Gasteiger partial charge in [-0.3, -0.25) is 0 Å². The lowest BCUT2D eigenvalue weighted by Crippen LogP contribution is -2.31. The second-order valence-electron chi connectivity index (χ2n) is 0.755. The van der Waals surface area contributed by atoms with Crippen LogP contribution in [0.4, 0.5) is 0 Å². The van der Waals surface area contributed by atoms with Gasteiger partial charge in [-0.15, -0.1) is 0 Å². The average molecular weight is 58.1 g/mol. The van der Waals surface area contributed by atoms with E-state index in [0.29, 0.717) is 12.5 Å². The summed E-state index contributed by atoms with van der Waals surface area (Å²) in [5, 5.41) is 4.92. The van der Waals surface area contributed by atoms with E-state index < -0.39 is 0 Å². The minimum absolute atomic E-state index is 0.667. The van der Waals surface area contributed by atoms with Crippen LogP contribution < -0.4 is 5.41 Å². The van der Waals surface area contributed by atoms with Crippen LogP contribution in [0.2, 0.25) is 0 Å². The first-order valence-electron chi connectivity index (χ1n) is 1.14. The van der Waals surface area contributed by atoms with Crippen molar-refractivity contribution in [1.29, 1.82) is 0 Å². The van der Waals surface area contributed by atoms with E-state index in [1.54, 1.807) is 0 Å². The van der Waals surface area contributed by atoms with Gasteiger partial charge in [-0.1, -0.05) is 0 Å². The van der Waals surface area contributed by atoms with Crippen molar-refractivity contribution >= 4 is 5.90 Å². The SMILES string of the molecule is [NH2+]=C1CO1. The Morgan fingerprint density at radius 3 is 2.25 bits per heavy atom. The average Bonchev–Trinajstić information content (AvgIpc) is 1.75. The first-order valence-corrected chi connectivity index (χ1v) is 1.14. The summed E-state index contributed by atoms with van der Waals surface area (Å²) < 4.78 is 4.40. The fourth-order valence-electron chi connectivity index (χ4n) is 0.0417. The van der Waals surface area contributed by atoms with Crippen LogP contribution in [0, 0.1) is 0 Å². The van der Waals surface area contributed by atoms with E-state index in [9.17, 15) is 0 Å². The minimum Gasteiger partial charge on any atom is -0.430 e. The Morgan fingerprint density at radius 2 is 2.25 bits per heavy atom. The number of hydrogen-bond acceptors (Lipinski definition) is 1. The number of ether oxygens (including phenoxy) is 1. The van der Waals surface area contributed by atoms with Gasteiger partial charge in [0.1, 0.15) is 0 Å². The quantitative estimate of drug-likeness (QED) is 0.327. The maximum atomic E-state index is 4.92. The van der Waals surface area contributed by atoms with Gasteiger partial charge in [0.2, 0.25) is 6.61 Å². The molecule has 1 heterocycles. The van der Waals surface area contributed by atoms with Crippen molar-refractivity contribution in [3.05, 3.63) is 0 Å². The Bertz CT molecular complexity index is 44.0. The molecule has 0 unspecified atom stereocenters. The van der Waals surface area contributed by atoms with Crippen LogP contribution in [-0.4, -0.2) is 12.5 Å². The van der Waals surface area contributed by atoms with E-state index in [-0.39, 0.29) is 0 Å². The number of nitrogens with two attached hydrogens (primary N) is 1. The normalized spacial score (nSPS) is 19.5. The lowest BCUT2D eigenvalue weighted by Gasteiger charge is -1.30. The Hall–Kier alpha value is -0.530. The van der Waals surface area contributed by atoms with Crippen molar-refractivity contribution < 1.29 is 10.1 Å². The standard InChI is InChI=1S/C2H3NO/c3-2-1-4-2/h3H,1H2/p+1. The maximum absolute atomic E-state index is 4.92. The van der Waals surface area contributed by atoms with E-state index in [1.807, 2.05) is 0 Å². The molecule has 0 saturated carbocycles. The monoisotopic (exact) mass is 58.0 g/mol. The van der Waals surface area contributed by atoms with Crippen molar-refractivity contribution in [3.8, 4) is 0 Å². The lowest BCUT2D eigenvalue weighted by atomic mass is 10.9. The predicted molar refractivity (Wildman–Crippen MR) is 12.9 cm³/mol. The summed E-state index contributed by atoms with van der Waals surface area (Å²) in [7, 11) is 0. The summed E-state index contributed by atoms with van der Waals surface area (Å²) in [6.45, 7) is 0.681. The van der Waals surface area contributed by atoms with E-state index in [2.05, 4.69) is 4.74 Å². The second-order valence-corrected chi connectivity index (χ2v) is 0.755. The molecule has 1 rings (SSSR count). The molecule has 1 aliphatic heterocycles. The molecule has 0 aromatic carbocycles. The molecule has 1 aliphatic rings. The number of rotatable bonds is 0. The van der Waals surface area contributed by atoms with Crippen LogP contribution in [0.5, 0.6) is 0 Å². The lowest BCUT2D eigenvalue weighted by molar-refractivity contribution is -0.117. The van der Waals surface area contributed by atoms with Crippen molar-refractivity contribution in [2.45, 2.75) is 0 Å². The topological polar surface area (TPSA) is 38.1 Å². The first-order chi connectivity index (χ1) is 1.89. The van der Waals surface area contributed by atoms with Crippen LogP contribution in [-0.2, 0) is 4.74 Å². The van der Waals surface area contributed by atoms with Gasteiger partial charge < -0.3 is 4.74 Å². The molecule has 0 spiro atoms. The predicted octanol–water partition coefficient (Wildman–Crippen LogP) is -1.83. The number of epoxide rings is 1. The third-order valence-electron chi connectivity index (χ3n) is 0.311. The van der Waals surface area contributed by atoms with Crippen LogP contribution in [0.25, 0.3) is 0 Å². The third kappa shape index (κ3) is 0.0532. The van der Waals surface area contributed by atoms with Gasteiger partial charge in [0.25, 0.3) is 0 Å². The van der Waals surface area contributed by atoms with Crippen molar-refractivity contribution in [1.82, 2.24) is 0 Å². The summed E-state index contributed by atoms with van der Waals surface area (Å²) in [6, 6.07) is 0. The van der Waals surface area contributed by atoms with Crippen LogP contribution in [0.1, 0.15) is 0 Å². The molecular formula is C2H4NO+. The van der Waals surface area contributed by atoms with E-state index in [4.69, 9.17) is 5.41 Å². The smallest absolute Gasteiger partial charge is 0.372 e. The third-order valence-corrected chi connectivity index (χ3v) is 0.311. The van der Waals surface area contributed by atoms with Gasteiger partial charge >= 0.3 is 5.90 Å². The largest absolute Gasteiger partial charge is 0.430 e. The molecule has 2 heteroatoms. The molecule has 2 N–H and O–H groups in total. The van der Waals surface area contributed by atoms with Gasteiger partial charge in [-0.25, -0.2) is 5.41 Å². The van der Waals surface area contributed by atoms with Gasteiger partial charge in [0.05, 0.1) is 0 Å².